The number of carbonyl (C=O) groups excluding carboxylic acids is 2. The normalized spacial score (nSPS) is 11.7. The monoisotopic (exact) mass is 455 g/mol. The molecular formula is C20H18F5N5O2. The van der Waals surface area contributed by atoms with Crippen LogP contribution in [-0.2, 0) is 17.9 Å². The lowest BCUT2D eigenvalue weighted by Gasteiger charge is -2.08. The van der Waals surface area contributed by atoms with Gasteiger partial charge in [0, 0.05) is 24.1 Å². The summed E-state index contributed by atoms with van der Waals surface area (Å²) in [6.45, 7) is -0.0627. The second-order valence-electron chi connectivity index (χ2n) is 6.86. The van der Waals surface area contributed by atoms with E-state index in [0.717, 1.165) is 0 Å². The lowest BCUT2D eigenvalue weighted by Crippen LogP contribution is -2.24. The average Bonchev–Trinajstić information content (AvgIpc) is 3.16. The number of fused-ring (bicyclic) bond motifs is 1. The minimum absolute atomic E-state index is 0.0243. The molecule has 2 aromatic heterocycles. The number of imidazole rings is 1. The van der Waals surface area contributed by atoms with Crippen molar-refractivity contribution in [3.05, 3.63) is 65.1 Å². The second kappa shape index (κ2) is 9.71. The highest BCUT2D eigenvalue weighted by Crippen LogP contribution is 2.23. The Kier molecular flexibility index (Phi) is 7.01. The fourth-order valence-corrected chi connectivity index (χ4v) is 2.85. The molecule has 12 heteroatoms. The standard InChI is InChI=1S/C20H18F5N5O2/c21-18(22)14-3-1-2-4-15(14)19(32)27-10-13-11-30-16(29-13)7-12(9-28-30)8-26-17(31)5-6-20(23,24)25/h1-4,7,9,11,18H,5-6,8,10H2,(H,26,31)(H,27,32). The van der Waals surface area contributed by atoms with Crippen LogP contribution in [0.5, 0.6) is 0 Å². The van der Waals surface area contributed by atoms with Gasteiger partial charge >= 0.3 is 6.18 Å². The number of hydrogen-bond donors (Lipinski definition) is 2. The van der Waals surface area contributed by atoms with Crippen molar-refractivity contribution in [2.24, 2.45) is 0 Å². The molecule has 0 saturated carbocycles. The molecule has 0 aliphatic heterocycles. The zero-order chi connectivity index (χ0) is 23.3. The molecule has 170 valence electrons. The largest absolute Gasteiger partial charge is 0.389 e. The number of alkyl halides is 5. The maximum Gasteiger partial charge on any atom is 0.389 e. The van der Waals surface area contributed by atoms with Gasteiger partial charge in [0.15, 0.2) is 5.65 Å². The van der Waals surface area contributed by atoms with Gasteiger partial charge < -0.3 is 10.6 Å². The fourth-order valence-electron chi connectivity index (χ4n) is 2.85. The van der Waals surface area contributed by atoms with Crippen molar-refractivity contribution >= 4 is 17.5 Å². The Balaban J connectivity index is 1.59. The smallest absolute Gasteiger partial charge is 0.352 e. The molecule has 0 saturated heterocycles. The quantitative estimate of drug-likeness (QED) is 0.509. The molecule has 2 amide bonds. The molecule has 3 rings (SSSR count). The molecule has 0 unspecified atom stereocenters. The van der Waals surface area contributed by atoms with E-state index in [1.807, 2.05) is 0 Å². The zero-order valence-electron chi connectivity index (χ0n) is 16.5. The van der Waals surface area contributed by atoms with Crippen molar-refractivity contribution in [2.75, 3.05) is 0 Å². The van der Waals surface area contributed by atoms with Crippen LogP contribution in [0.15, 0.2) is 42.7 Å². The molecule has 2 N–H and O–H groups in total. The van der Waals surface area contributed by atoms with E-state index in [-0.39, 0.29) is 24.2 Å². The van der Waals surface area contributed by atoms with Gasteiger partial charge in [0.05, 0.1) is 31.1 Å². The third-order valence-corrected chi connectivity index (χ3v) is 4.42. The van der Waals surface area contributed by atoms with Crippen molar-refractivity contribution in [2.45, 2.75) is 38.5 Å². The van der Waals surface area contributed by atoms with Gasteiger partial charge in [0.25, 0.3) is 12.3 Å². The molecule has 3 aromatic rings. The number of halogens is 5. The highest BCUT2D eigenvalue weighted by Gasteiger charge is 2.27. The van der Waals surface area contributed by atoms with Crippen LogP contribution in [0, 0.1) is 0 Å². The van der Waals surface area contributed by atoms with Gasteiger partial charge in [-0.2, -0.15) is 18.3 Å². The van der Waals surface area contributed by atoms with E-state index in [0.29, 0.717) is 16.9 Å². The Morgan fingerprint density at radius 3 is 2.56 bits per heavy atom. The van der Waals surface area contributed by atoms with E-state index in [1.165, 1.54) is 41.2 Å². The lowest BCUT2D eigenvalue weighted by molar-refractivity contribution is -0.144. The Morgan fingerprint density at radius 2 is 1.84 bits per heavy atom. The average molecular weight is 455 g/mol. The first-order chi connectivity index (χ1) is 15.1. The first kappa shape index (κ1) is 23.1. The van der Waals surface area contributed by atoms with Crippen LogP contribution in [0.3, 0.4) is 0 Å². The van der Waals surface area contributed by atoms with E-state index >= 15 is 0 Å². The van der Waals surface area contributed by atoms with Gasteiger partial charge in [-0.25, -0.2) is 18.3 Å². The molecule has 0 fully saturated rings. The Morgan fingerprint density at radius 1 is 1.09 bits per heavy atom. The number of benzene rings is 1. The summed E-state index contributed by atoms with van der Waals surface area (Å²) < 4.78 is 64.0. The first-order valence-electron chi connectivity index (χ1n) is 9.44. The zero-order valence-corrected chi connectivity index (χ0v) is 16.5. The van der Waals surface area contributed by atoms with Gasteiger partial charge in [0.2, 0.25) is 5.91 Å². The number of nitrogens with zero attached hydrogens (tertiary/aromatic N) is 3. The van der Waals surface area contributed by atoms with Crippen molar-refractivity contribution in [3.8, 4) is 0 Å². The van der Waals surface area contributed by atoms with Gasteiger partial charge in [-0.05, 0) is 17.7 Å². The number of rotatable bonds is 8. The molecule has 2 heterocycles. The first-order valence-corrected chi connectivity index (χ1v) is 9.44. The number of amides is 2. The van der Waals surface area contributed by atoms with Crippen LogP contribution < -0.4 is 10.6 Å². The van der Waals surface area contributed by atoms with Gasteiger partial charge in [-0.3, -0.25) is 9.59 Å². The van der Waals surface area contributed by atoms with Crippen LogP contribution in [0.1, 0.15) is 46.4 Å². The topological polar surface area (TPSA) is 88.4 Å². The molecule has 1 aromatic carbocycles. The molecule has 32 heavy (non-hydrogen) atoms. The van der Waals surface area contributed by atoms with Crippen molar-refractivity contribution < 1.29 is 31.5 Å². The van der Waals surface area contributed by atoms with Crippen molar-refractivity contribution in [1.29, 1.82) is 0 Å². The van der Waals surface area contributed by atoms with Crippen molar-refractivity contribution in [1.82, 2.24) is 25.2 Å². The van der Waals surface area contributed by atoms with Gasteiger partial charge in [0.1, 0.15) is 0 Å². The summed E-state index contributed by atoms with van der Waals surface area (Å²) in [5.41, 5.74) is 0.803. The molecule has 0 bridgehead atoms. The third-order valence-electron chi connectivity index (χ3n) is 4.42. The summed E-state index contributed by atoms with van der Waals surface area (Å²) in [5.74, 6) is -1.41. The summed E-state index contributed by atoms with van der Waals surface area (Å²) >= 11 is 0. The minimum Gasteiger partial charge on any atom is -0.352 e. The second-order valence-corrected chi connectivity index (χ2v) is 6.86. The molecule has 7 nitrogen and oxygen atoms in total. The van der Waals surface area contributed by atoms with E-state index in [1.54, 1.807) is 6.07 Å². The van der Waals surface area contributed by atoms with Crippen LogP contribution in [0.4, 0.5) is 22.0 Å². The number of nitrogens with one attached hydrogen (secondary N) is 2. The number of aromatic nitrogens is 3. The fraction of sp³-hybridized carbons (Fsp3) is 0.300. The Hall–Kier alpha value is -3.57. The molecule has 0 radical (unpaired) electrons. The SMILES string of the molecule is O=C(CCC(F)(F)F)NCc1cnn2cc(CNC(=O)c3ccccc3C(F)F)nc2c1. The predicted octanol–water partition coefficient (Wildman–Crippen LogP) is 3.56. The molecule has 0 atom stereocenters. The maximum absolute atomic E-state index is 13.1. The molecule has 0 spiro atoms. The number of hydrogen-bond acceptors (Lipinski definition) is 4. The minimum atomic E-state index is -4.40. The molecule has 0 aliphatic carbocycles. The molecule has 0 aliphatic rings. The van der Waals surface area contributed by atoms with Crippen LogP contribution >= 0.6 is 0 Å². The van der Waals surface area contributed by atoms with E-state index < -0.39 is 37.3 Å². The highest BCUT2D eigenvalue weighted by atomic mass is 19.4. The van der Waals surface area contributed by atoms with Crippen LogP contribution in [0.25, 0.3) is 5.65 Å². The Labute approximate surface area is 178 Å². The van der Waals surface area contributed by atoms with E-state index in [9.17, 15) is 31.5 Å². The third kappa shape index (κ3) is 6.22. The summed E-state index contributed by atoms with van der Waals surface area (Å²) in [6, 6.07) is 6.96. The highest BCUT2D eigenvalue weighted by molar-refractivity contribution is 5.95. The van der Waals surface area contributed by atoms with E-state index in [4.69, 9.17) is 0 Å². The van der Waals surface area contributed by atoms with Gasteiger partial charge in [-0.15, -0.1) is 0 Å². The van der Waals surface area contributed by atoms with Gasteiger partial charge in [-0.1, -0.05) is 18.2 Å². The summed E-state index contributed by atoms with van der Waals surface area (Å²) in [4.78, 5) is 28.1. The maximum atomic E-state index is 13.1. The predicted molar refractivity (Wildman–Crippen MR) is 103 cm³/mol. The molecular weight excluding hydrogens is 437 g/mol. The summed E-state index contributed by atoms with van der Waals surface area (Å²) in [5, 5.41) is 9.01. The number of carbonyl (C=O) groups is 2. The summed E-state index contributed by atoms with van der Waals surface area (Å²) in [7, 11) is 0. The lowest BCUT2D eigenvalue weighted by atomic mass is 10.1. The van der Waals surface area contributed by atoms with Crippen LogP contribution in [0.2, 0.25) is 0 Å². The summed E-state index contributed by atoms with van der Waals surface area (Å²) in [6.07, 6.45) is -6.11. The van der Waals surface area contributed by atoms with Crippen molar-refractivity contribution in [3.63, 3.8) is 0 Å². The van der Waals surface area contributed by atoms with E-state index in [2.05, 4.69) is 20.7 Å². The van der Waals surface area contributed by atoms with Crippen LogP contribution in [-0.4, -0.2) is 32.6 Å². The Bertz CT molecular complexity index is 1110.